The van der Waals surface area contributed by atoms with Crippen molar-refractivity contribution in [3.8, 4) is 0 Å². The van der Waals surface area contributed by atoms with E-state index in [9.17, 15) is 5.11 Å². The number of aliphatic hydroxyl groups excluding tert-OH is 1. The van der Waals surface area contributed by atoms with E-state index in [0.717, 1.165) is 43.4 Å². The number of hydrogen-bond donors (Lipinski definition) is 2. The molecule has 4 rings (SSSR count). The molecule has 0 amide bonds. The molecular formula is C24H42N2O2. The summed E-state index contributed by atoms with van der Waals surface area (Å²) in [5.41, 5.74) is 6.47. The zero-order valence-electron chi connectivity index (χ0n) is 18.1. The van der Waals surface area contributed by atoms with Crippen LogP contribution in [0.15, 0.2) is 5.16 Å². The first kappa shape index (κ1) is 20.7. The van der Waals surface area contributed by atoms with Gasteiger partial charge in [-0.2, -0.15) is 0 Å². The van der Waals surface area contributed by atoms with Crippen molar-refractivity contribution in [2.24, 2.45) is 51.3 Å². The highest BCUT2D eigenvalue weighted by Gasteiger charge is 2.60. The summed E-state index contributed by atoms with van der Waals surface area (Å²) >= 11 is 0. The van der Waals surface area contributed by atoms with E-state index in [1.165, 1.54) is 44.9 Å². The maximum absolute atomic E-state index is 10.6. The number of oxime groups is 1. The first-order valence-electron chi connectivity index (χ1n) is 12.0. The van der Waals surface area contributed by atoms with E-state index >= 15 is 0 Å². The molecule has 8 atom stereocenters. The standard InChI is InChI=1S/C24H42N2O2/c1-23-10-3-6-21(23)20-8-7-18-16-19(27)15-17(5-4-13-26-28-14-12-25)24(18,2)22(20)9-11-23/h13,17-22,27H,3-12,14-16,25H2,1-2H3/b26-13+/t17?,18-,19+,20+,21+,22+,23+,24+/m1/s1. The van der Waals surface area contributed by atoms with Gasteiger partial charge in [-0.15, -0.1) is 0 Å². The van der Waals surface area contributed by atoms with Crippen molar-refractivity contribution in [3.05, 3.63) is 0 Å². The van der Waals surface area contributed by atoms with Crippen LogP contribution in [-0.2, 0) is 4.84 Å². The Morgan fingerprint density at radius 3 is 2.79 bits per heavy atom. The Morgan fingerprint density at radius 2 is 1.96 bits per heavy atom. The Bertz CT molecular complexity index is 567. The summed E-state index contributed by atoms with van der Waals surface area (Å²) in [7, 11) is 0. The minimum Gasteiger partial charge on any atom is -0.395 e. The summed E-state index contributed by atoms with van der Waals surface area (Å²) in [6.07, 6.45) is 15.9. The van der Waals surface area contributed by atoms with Crippen LogP contribution >= 0.6 is 0 Å². The zero-order valence-corrected chi connectivity index (χ0v) is 18.1. The molecule has 0 heterocycles. The Balaban J connectivity index is 1.50. The summed E-state index contributed by atoms with van der Waals surface area (Å²) in [6.45, 7) is 6.21. The molecule has 28 heavy (non-hydrogen) atoms. The summed E-state index contributed by atoms with van der Waals surface area (Å²) in [5, 5.41) is 14.7. The van der Waals surface area contributed by atoms with Crippen LogP contribution in [0.3, 0.4) is 0 Å². The molecule has 4 aliphatic rings. The third kappa shape index (κ3) is 3.53. The van der Waals surface area contributed by atoms with Crippen LogP contribution in [0.5, 0.6) is 0 Å². The van der Waals surface area contributed by atoms with Gasteiger partial charge in [0.05, 0.1) is 6.10 Å². The predicted molar refractivity (Wildman–Crippen MR) is 114 cm³/mol. The van der Waals surface area contributed by atoms with E-state index in [2.05, 4.69) is 19.0 Å². The molecule has 0 aliphatic heterocycles. The van der Waals surface area contributed by atoms with E-state index in [-0.39, 0.29) is 6.10 Å². The Labute approximate surface area is 171 Å². The lowest BCUT2D eigenvalue weighted by Gasteiger charge is -2.63. The Kier molecular flexibility index (Phi) is 6.09. The maximum atomic E-state index is 10.6. The largest absolute Gasteiger partial charge is 0.395 e. The van der Waals surface area contributed by atoms with Gasteiger partial charge in [-0.3, -0.25) is 0 Å². The third-order valence-corrected chi connectivity index (χ3v) is 9.74. The van der Waals surface area contributed by atoms with Crippen molar-refractivity contribution < 1.29 is 9.94 Å². The summed E-state index contributed by atoms with van der Waals surface area (Å²) in [5.74, 6) is 4.08. The van der Waals surface area contributed by atoms with E-state index in [4.69, 9.17) is 10.6 Å². The highest BCUT2D eigenvalue weighted by atomic mass is 16.6. The summed E-state index contributed by atoms with van der Waals surface area (Å²) < 4.78 is 0. The van der Waals surface area contributed by atoms with Crippen molar-refractivity contribution in [1.29, 1.82) is 0 Å². The molecule has 0 radical (unpaired) electrons. The molecule has 0 bridgehead atoms. The van der Waals surface area contributed by atoms with E-state index in [1.54, 1.807) is 0 Å². The highest BCUT2D eigenvalue weighted by molar-refractivity contribution is 5.56. The lowest BCUT2D eigenvalue weighted by Crippen LogP contribution is -2.56. The van der Waals surface area contributed by atoms with Crippen LogP contribution < -0.4 is 5.73 Å². The number of nitrogens with two attached hydrogens (primary N) is 1. The number of aliphatic hydroxyl groups is 1. The van der Waals surface area contributed by atoms with Crippen LogP contribution in [0.1, 0.15) is 84.5 Å². The van der Waals surface area contributed by atoms with Crippen molar-refractivity contribution in [1.82, 2.24) is 0 Å². The second-order valence-electron chi connectivity index (χ2n) is 10.9. The molecule has 4 heteroatoms. The van der Waals surface area contributed by atoms with Crippen LogP contribution in [0.4, 0.5) is 0 Å². The number of fused-ring (bicyclic) bond motifs is 5. The van der Waals surface area contributed by atoms with Gasteiger partial charge in [-0.05, 0) is 105 Å². The topological polar surface area (TPSA) is 67.8 Å². The second kappa shape index (κ2) is 8.26. The van der Waals surface area contributed by atoms with Gasteiger partial charge in [0.1, 0.15) is 6.61 Å². The molecule has 0 aromatic rings. The van der Waals surface area contributed by atoms with Gasteiger partial charge in [0.2, 0.25) is 0 Å². The van der Waals surface area contributed by atoms with Gasteiger partial charge in [0.15, 0.2) is 0 Å². The molecule has 4 fully saturated rings. The van der Waals surface area contributed by atoms with E-state index in [1.807, 2.05) is 6.21 Å². The molecular weight excluding hydrogens is 348 g/mol. The average molecular weight is 391 g/mol. The van der Waals surface area contributed by atoms with Crippen LogP contribution in [0, 0.1) is 40.4 Å². The zero-order chi connectivity index (χ0) is 19.8. The minimum atomic E-state index is -0.106. The second-order valence-corrected chi connectivity index (χ2v) is 10.9. The quantitative estimate of drug-likeness (QED) is 0.391. The SMILES string of the molecule is C[C@@]12CCC[C@H]1[C@@H]1CC[C@@H]3C[C@@H](O)CC(CC/C=N/OCCN)[C@]3(C)[C@H]1CC2. The fraction of sp³-hybridized carbons (Fsp3) is 0.958. The van der Waals surface area contributed by atoms with Crippen molar-refractivity contribution in [3.63, 3.8) is 0 Å². The van der Waals surface area contributed by atoms with Crippen LogP contribution in [0.2, 0.25) is 0 Å². The van der Waals surface area contributed by atoms with Gasteiger partial charge in [-0.1, -0.05) is 25.4 Å². The number of rotatable bonds is 6. The average Bonchev–Trinajstić information content (AvgIpc) is 3.07. The molecule has 0 saturated heterocycles. The maximum Gasteiger partial charge on any atom is 0.129 e. The number of nitrogens with zero attached hydrogens (tertiary/aromatic N) is 1. The van der Waals surface area contributed by atoms with E-state index < -0.39 is 0 Å². The fourth-order valence-corrected chi connectivity index (χ4v) is 8.39. The molecule has 0 aromatic carbocycles. The van der Waals surface area contributed by atoms with Crippen molar-refractivity contribution >= 4 is 6.21 Å². The molecule has 3 N–H and O–H groups in total. The lowest BCUT2D eigenvalue weighted by atomic mass is 9.42. The molecule has 1 unspecified atom stereocenters. The van der Waals surface area contributed by atoms with Gasteiger partial charge in [-0.25, -0.2) is 0 Å². The smallest absolute Gasteiger partial charge is 0.129 e. The van der Waals surface area contributed by atoms with Crippen molar-refractivity contribution in [2.45, 2.75) is 90.6 Å². The Hall–Kier alpha value is -0.610. The van der Waals surface area contributed by atoms with E-state index in [0.29, 0.717) is 35.8 Å². The summed E-state index contributed by atoms with van der Waals surface area (Å²) in [4.78, 5) is 5.16. The molecule has 4 saturated carbocycles. The fourth-order valence-electron chi connectivity index (χ4n) is 8.39. The van der Waals surface area contributed by atoms with Crippen LogP contribution in [0.25, 0.3) is 0 Å². The molecule has 160 valence electrons. The lowest BCUT2D eigenvalue weighted by molar-refractivity contribution is -0.153. The van der Waals surface area contributed by atoms with Gasteiger partial charge < -0.3 is 15.7 Å². The normalized spacial score (nSPS) is 48.1. The summed E-state index contributed by atoms with van der Waals surface area (Å²) in [6, 6.07) is 0. The molecule has 0 spiro atoms. The van der Waals surface area contributed by atoms with Crippen molar-refractivity contribution in [2.75, 3.05) is 13.2 Å². The van der Waals surface area contributed by atoms with Gasteiger partial charge >= 0.3 is 0 Å². The Morgan fingerprint density at radius 1 is 1.11 bits per heavy atom. The van der Waals surface area contributed by atoms with Gasteiger partial charge in [0.25, 0.3) is 0 Å². The van der Waals surface area contributed by atoms with Gasteiger partial charge in [0, 0.05) is 12.8 Å². The first-order chi connectivity index (χ1) is 13.5. The molecule has 4 aliphatic carbocycles. The minimum absolute atomic E-state index is 0.106. The molecule has 4 nitrogen and oxygen atoms in total. The first-order valence-corrected chi connectivity index (χ1v) is 12.0. The predicted octanol–water partition coefficient (Wildman–Crippen LogP) is 4.75. The third-order valence-electron chi connectivity index (χ3n) is 9.74. The highest BCUT2D eigenvalue weighted by Crippen LogP contribution is 2.67. The van der Waals surface area contributed by atoms with Crippen LogP contribution in [-0.4, -0.2) is 30.6 Å². The number of hydrogen-bond acceptors (Lipinski definition) is 4. The molecule has 0 aromatic heterocycles. The monoisotopic (exact) mass is 390 g/mol.